The molecule has 1 amide bonds. The summed E-state index contributed by atoms with van der Waals surface area (Å²) < 4.78 is 1.49. The van der Waals surface area contributed by atoms with Gasteiger partial charge in [-0.3, -0.25) is 4.79 Å². The second kappa shape index (κ2) is 5.71. The van der Waals surface area contributed by atoms with Crippen molar-refractivity contribution in [1.29, 1.82) is 0 Å². The fourth-order valence-electron chi connectivity index (χ4n) is 1.33. The van der Waals surface area contributed by atoms with Crippen LogP contribution in [-0.4, -0.2) is 40.2 Å². The number of anilines is 1. The molecule has 1 aromatic rings. The molecule has 0 saturated carbocycles. The average Bonchev–Trinajstić information content (AvgIpc) is 2.57. The zero-order chi connectivity index (χ0) is 13.7. The number of nitrogens with one attached hydrogen (secondary N) is 1. The molecule has 0 radical (unpaired) electrons. The number of carbonyl (C=O) groups excluding carboxylic acids is 2. The number of carbonyl (C=O) groups is 2. The van der Waals surface area contributed by atoms with Crippen LogP contribution in [0.4, 0.5) is 5.82 Å². The zero-order valence-electron chi connectivity index (χ0n) is 10.3. The summed E-state index contributed by atoms with van der Waals surface area (Å²) in [4.78, 5) is 27.4. The molecule has 98 valence electrons. The Morgan fingerprint density at radius 3 is 2.83 bits per heavy atom. The number of likely N-dealkylation sites (N-methyl/N-ethyl adjacent to an activating group) is 1. The van der Waals surface area contributed by atoms with Gasteiger partial charge in [-0.05, 0) is 0 Å². The van der Waals surface area contributed by atoms with Gasteiger partial charge in [-0.1, -0.05) is 0 Å². The fraction of sp³-hybridized carbons (Fsp3) is 0.300. The van der Waals surface area contributed by atoms with Crippen LogP contribution in [0.1, 0.15) is 10.6 Å². The van der Waals surface area contributed by atoms with Crippen LogP contribution in [0.15, 0.2) is 18.2 Å². The van der Waals surface area contributed by atoms with E-state index in [1.807, 2.05) is 0 Å². The monoisotopic (exact) mass is 252 g/mol. The Morgan fingerprint density at radius 2 is 2.33 bits per heavy atom. The number of imidazole rings is 1. The Bertz CT molecular complexity index is 479. The molecule has 0 atom stereocenters. The van der Waals surface area contributed by atoms with Gasteiger partial charge < -0.3 is 31.0 Å². The van der Waals surface area contributed by atoms with E-state index >= 15 is 0 Å². The highest BCUT2D eigenvalue weighted by Gasteiger charge is 2.13. The van der Waals surface area contributed by atoms with Gasteiger partial charge in [0.1, 0.15) is 17.9 Å². The van der Waals surface area contributed by atoms with Crippen LogP contribution in [0.25, 0.3) is 0 Å². The molecule has 1 aromatic heterocycles. The minimum absolute atomic E-state index is 0.117. The Hall–Kier alpha value is -2.51. The SMILES string of the molecule is CN(/C=C(\N)NC(=O)c1nc(N)cn1C)CC=O. The summed E-state index contributed by atoms with van der Waals surface area (Å²) in [5, 5.41) is 2.44. The molecular weight excluding hydrogens is 236 g/mol. The van der Waals surface area contributed by atoms with Crippen LogP contribution in [-0.2, 0) is 11.8 Å². The number of amides is 1. The lowest BCUT2D eigenvalue weighted by molar-refractivity contribution is -0.108. The van der Waals surface area contributed by atoms with Crippen LogP contribution in [0, 0.1) is 0 Å². The maximum atomic E-state index is 11.8. The maximum absolute atomic E-state index is 11.8. The van der Waals surface area contributed by atoms with Gasteiger partial charge in [0.2, 0.25) is 5.82 Å². The Morgan fingerprint density at radius 1 is 1.67 bits per heavy atom. The highest BCUT2D eigenvalue weighted by Crippen LogP contribution is 2.02. The lowest BCUT2D eigenvalue weighted by atomic mass is 10.5. The third-order valence-corrected chi connectivity index (χ3v) is 2.08. The molecule has 0 saturated heterocycles. The smallest absolute Gasteiger partial charge is 0.292 e. The van der Waals surface area contributed by atoms with Crippen LogP contribution in [0.2, 0.25) is 0 Å². The molecule has 1 rings (SSSR count). The van der Waals surface area contributed by atoms with E-state index in [9.17, 15) is 9.59 Å². The van der Waals surface area contributed by atoms with Crippen molar-refractivity contribution in [1.82, 2.24) is 19.8 Å². The largest absolute Gasteiger partial charge is 0.384 e. The van der Waals surface area contributed by atoms with Gasteiger partial charge in [0.25, 0.3) is 5.91 Å². The molecule has 8 heteroatoms. The van der Waals surface area contributed by atoms with Crippen molar-refractivity contribution in [2.45, 2.75) is 0 Å². The molecule has 0 spiro atoms. The van der Waals surface area contributed by atoms with E-state index in [1.165, 1.54) is 21.9 Å². The van der Waals surface area contributed by atoms with Gasteiger partial charge in [-0.2, -0.15) is 0 Å². The van der Waals surface area contributed by atoms with Crippen molar-refractivity contribution >= 4 is 18.0 Å². The lowest BCUT2D eigenvalue weighted by Gasteiger charge is -2.11. The number of nitrogens with two attached hydrogens (primary N) is 2. The van der Waals surface area contributed by atoms with Gasteiger partial charge in [0.15, 0.2) is 0 Å². The van der Waals surface area contributed by atoms with Crippen molar-refractivity contribution in [2.75, 3.05) is 19.3 Å². The van der Waals surface area contributed by atoms with Crippen LogP contribution >= 0.6 is 0 Å². The standard InChI is InChI=1S/C10H16N6O2/c1-15(3-4-17)5-7(11)14-10(18)9-13-8(12)6-16(9)2/h4-6H,3,11-12H2,1-2H3,(H,14,18)/b7-5+. The molecule has 0 fully saturated rings. The number of rotatable bonds is 5. The second-order valence-corrected chi connectivity index (χ2v) is 3.75. The number of aromatic nitrogens is 2. The first-order chi connectivity index (χ1) is 8.43. The quantitative estimate of drug-likeness (QED) is 0.556. The molecule has 5 N–H and O–H groups in total. The number of nitrogens with zero attached hydrogens (tertiary/aromatic N) is 3. The highest BCUT2D eigenvalue weighted by atomic mass is 16.2. The Labute approximate surface area is 104 Å². The van der Waals surface area contributed by atoms with Crippen LogP contribution in [0.5, 0.6) is 0 Å². The van der Waals surface area contributed by atoms with Gasteiger partial charge in [-0.15, -0.1) is 0 Å². The summed E-state index contributed by atoms with van der Waals surface area (Å²) >= 11 is 0. The third-order valence-electron chi connectivity index (χ3n) is 2.08. The van der Waals surface area contributed by atoms with Crippen molar-refractivity contribution in [3.8, 4) is 0 Å². The predicted octanol–water partition coefficient (Wildman–Crippen LogP) is -1.38. The first kappa shape index (κ1) is 13.6. The summed E-state index contributed by atoms with van der Waals surface area (Å²) in [6, 6.07) is 0. The molecule has 8 nitrogen and oxygen atoms in total. The number of hydrogen-bond donors (Lipinski definition) is 3. The van der Waals surface area contributed by atoms with E-state index < -0.39 is 5.91 Å². The molecule has 0 aliphatic rings. The zero-order valence-corrected chi connectivity index (χ0v) is 10.3. The fourth-order valence-corrected chi connectivity index (χ4v) is 1.33. The number of hydrogen-bond acceptors (Lipinski definition) is 6. The summed E-state index contributed by atoms with van der Waals surface area (Å²) in [5.41, 5.74) is 11.1. The van der Waals surface area contributed by atoms with Gasteiger partial charge in [0, 0.05) is 26.5 Å². The summed E-state index contributed by atoms with van der Waals surface area (Å²) in [6.45, 7) is 0.186. The van der Waals surface area contributed by atoms with Crippen molar-refractivity contribution in [3.63, 3.8) is 0 Å². The summed E-state index contributed by atoms with van der Waals surface area (Å²) in [5.74, 6) is 0.0542. The van der Waals surface area contributed by atoms with Crippen molar-refractivity contribution in [3.05, 3.63) is 24.0 Å². The molecular formula is C10H16N6O2. The molecule has 1 heterocycles. The molecule has 0 unspecified atom stereocenters. The number of aryl methyl sites for hydroxylation is 1. The lowest BCUT2D eigenvalue weighted by Crippen LogP contribution is -2.31. The van der Waals surface area contributed by atoms with Crippen molar-refractivity contribution in [2.24, 2.45) is 12.8 Å². The van der Waals surface area contributed by atoms with E-state index in [1.54, 1.807) is 14.1 Å². The molecule has 0 aromatic carbocycles. The second-order valence-electron chi connectivity index (χ2n) is 3.75. The summed E-state index contributed by atoms with van der Waals surface area (Å²) in [7, 11) is 3.31. The maximum Gasteiger partial charge on any atom is 0.292 e. The average molecular weight is 252 g/mol. The van der Waals surface area contributed by atoms with E-state index in [4.69, 9.17) is 11.5 Å². The Balaban J connectivity index is 2.70. The molecule has 18 heavy (non-hydrogen) atoms. The molecule has 0 aliphatic heterocycles. The predicted molar refractivity (Wildman–Crippen MR) is 66.1 cm³/mol. The normalized spacial score (nSPS) is 11.1. The molecule has 0 aliphatic carbocycles. The van der Waals surface area contributed by atoms with E-state index in [0.717, 1.165) is 6.29 Å². The number of nitrogen functional groups attached to an aromatic ring is 1. The first-order valence-corrected chi connectivity index (χ1v) is 5.15. The van der Waals surface area contributed by atoms with Crippen LogP contribution in [0.3, 0.4) is 0 Å². The van der Waals surface area contributed by atoms with Gasteiger partial charge >= 0.3 is 0 Å². The highest BCUT2D eigenvalue weighted by molar-refractivity contribution is 5.92. The third kappa shape index (κ3) is 3.51. The van der Waals surface area contributed by atoms with Crippen molar-refractivity contribution < 1.29 is 9.59 Å². The number of aldehydes is 1. The van der Waals surface area contributed by atoms with Crippen LogP contribution < -0.4 is 16.8 Å². The summed E-state index contributed by atoms with van der Waals surface area (Å²) in [6.07, 6.45) is 3.69. The molecule has 0 bridgehead atoms. The Kier molecular flexibility index (Phi) is 4.30. The minimum Gasteiger partial charge on any atom is -0.384 e. The topological polar surface area (TPSA) is 119 Å². The minimum atomic E-state index is -0.470. The van der Waals surface area contributed by atoms with E-state index in [2.05, 4.69) is 10.3 Å². The van der Waals surface area contributed by atoms with Gasteiger partial charge in [-0.25, -0.2) is 4.98 Å². The first-order valence-electron chi connectivity index (χ1n) is 5.15. The van der Waals surface area contributed by atoms with E-state index in [-0.39, 0.29) is 24.0 Å². The van der Waals surface area contributed by atoms with E-state index in [0.29, 0.717) is 0 Å². The van der Waals surface area contributed by atoms with Gasteiger partial charge in [0.05, 0.1) is 6.54 Å².